The molecule has 3 atom stereocenters. The van der Waals surface area contributed by atoms with Gasteiger partial charge in [0.1, 0.15) is 17.2 Å². The second kappa shape index (κ2) is 6.86. The van der Waals surface area contributed by atoms with Gasteiger partial charge in [0.25, 0.3) is 0 Å². The Labute approximate surface area is 144 Å². The highest BCUT2D eigenvalue weighted by Crippen LogP contribution is 2.40. The van der Waals surface area contributed by atoms with E-state index in [1.807, 2.05) is 0 Å². The Kier molecular flexibility index (Phi) is 4.79. The van der Waals surface area contributed by atoms with Crippen LogP contribution in [0.25, 0.3) is 0 Å². The summed E-state index contributed by atoms with van der Waals surface area (Å²) in [5.74, 6) is -2.90. The number of aldehydes is 1. The molecule has 1 aliphatic heterocycles. The number of carbonyl (C=O) groups is 2. The first-order valence-corrected chi connectivity index (χ1v) is 8.33. The summed E-state index contributed by atoms with van der Waals surface area (Å²) in [5, 5.41) is 0. The molecule has 6 heteroatoms. The molecule has 0 fully saturated rings. The summed E-state index contributed by atoms with van der Waals surface area (Å²) in [6.07, 6.45) is 6.53. The van der Waals surface area contributed by atoms with Crippen LogP contribution < -0.4 is 0 Å². The summed E-state index contributed by atoms with van der Waals surface area (Å²) in [6, 6.07) is 2.18. The molecular weight excluding hydrogens is 328 g/mol. The lowest BCUT2D eigenvalue weighted by molar-refractivity contribution is -0.153. The maximum atomic E-state index is 14.2. The van der Waals surface area contributed by atoms with E-state index in [9.17, 15) is 18.4 Å². The molecular formula is C19H19F2NO3. The van der Waals surface area contributed by atoms with Gasteiger partial charge in [-0.1, -0.05) is 0 Å². The molecule has 0 radical (unpaired) electrons. The first-order chi connectivity index (χ1) is 12.0. The predicted octanol–water partition coefficient (Wildman–Crippen LogP) is 2.83. The van der Waals surface area contributed by atoms with Gasteiger partial charge in [0.15, 0.2) is 6.29 Å². The Hall–Kier alpha value is -2.37. The standard InChI is InChI=1S/C19H19F2NO3/c1-2-25-18(24)17(19(11-23)6-3-7-22-19)13-5-4-12-8-14(20)10-16(21)15(12)9-13/h3,6-8,10-11,13,17H,2,4-5,9H2,1H3. The topological polar surface area (TPSA) is 55.7 Å². The fourth-order valence-corrected chi connectivity index (χ4v) is 3.83. The molecule has 0 aromatic heterocycles. The molecule has 0 saturated carbocycles. The summed E-state index contributed by atoms with van der Waals surface area (Å²) >= 11 is 0. The number of esters is 1. The molecule has 4 nitrogen and oxygen atoms in total. The lowest BCUT2D eigenvalue weighted by Crippen LogP contribution is -2.46. The van der Waals surface area contributed by atoms with Gasteiger partial charge in [0, 0.05) is 12.3 Å². The van der Waals surface area contributed by atoms with Gasteiger partial charge in [-0.05, 0) is 61.4 Å². The zero-order valence-corrected chi connectivity index (χ0v) is 13.9. The normalized spacial score (nSPS) is 25.5. The zero-order chi connectivity index (χ0) is 18.0. The van der Waals surface area contributed by atoms with E-state index in [1.54, 1.807) is 19.1 Å². The highest BCUT2D eigenvalue weighted by molar-refractivity contribution is 5.90. The number of fused-ring (bicyclic) bond motifs is 1. The molecule has 0 amide bonds. The molecule has 3 rings (SSSR count). The SMILES string of the molecule is CCOC(=O)C(C1CCc2cc(F)cc(F)c2C1)C1(C=O)C=CC=N1. The molecule has 3 unspecified atom stereocenters. The van der Waals surface area contributed by atoms with Gasteiger partial charge in [0.05, 0.1) is 12.5 Å². The summed E-state index contributed by atoms with van der Waals surface area (Å²) in [6.45, 7) is 1.87. The van der Waals surface area contributed by atoms with Crippen LogP contribution >= 0.6 is 0 Å². The number of nitrogens with zero attached hydrogens (tertiary/aromatic N) is 1. The maximum absolute atomic E-state index is 14.2. The van der Waals surface area contributed by atoms with Crippen molar-refractivity contribution in [2.75, 3.05) is 6.61 Å². The van der Waals surface area contributed by atoms with E-state index in [0.29, 0.717) is 30.3 Å². The molecule has 1 aromatic carbocycles. The van der Waals surface area contributed by atoms with Crippen LogP contribution in [0.2, 0.25) is 0 Å². The Morgan fingerprint density at radius 3 is 2.92 bits per heavy atom. The number of benzene rings is 1. The van der Waals surface area contributed by atoms with Crippen molar-refractivity contribution in [3.05, 3.63) is 47.0 Å². The van der Waals surface area contributed by atoms with Crippen LogP contribution in [-0.4, -0.2) is 30.6 Å². The van der Waals surface area contributed by atoms with Crippen LogP contribution in [0.5, 0.6) is 0 Å². The summed E-state index contributed by atoms with van der Waals surface area (Å²) in [4.78, 5) is 28.6. The molecule has 0 bridgehead atoms. The third-order valence-electron chi connectivity index (χ3n) is 4.95. The van der Waals surface area contributed by atoms with Crippen LogP contribution in [0, 0.1) is 23.5 Å². The maximum Gasteiger partial charge on any atom is 0.312 e. The second-order valence-electron chi connectivity index (χ2n) is 6.40. The van der Waals surface area contributed by atoms with Gasteiger partial charge in [0.2, 0.25) is 0 Å². The molecule has 1 heterocycles. The van der Waals surface area contributed by atoms with Crippen molar-refractivity contribution >= 4 is 18.5 Å². The van der Waals surface area contributed by atoms with E-state index in [4.69, 9.17) is 4.74 Å². The van der Waals surface area contributed by atoms with Crippen LogP contribution in [0.15, 0.2) is 29.3 Å². The zero-order valence-electron chi connectivity index (χ0n) is 13.9. The van der Waals surface area contributed by atoms with Crippen LogP contribution in [0.4, 0.5) is 8.78 Å². The predicted molar refractivity (Wildman–Crippen MR) is 88.4 cm³/mol. The Morgan fingerprint density at radius 2 is 2.28 bits per heavy atom. The number of hydrogen-bond donors (Lipinski definition) is 0. The van der Waals surface area contributed by atoms with Crippen molar-refractivity contribution < 1.29 is 23.1 Å². The fourth-order valence-electron chi connectivity index (χ4n) is 3.83. The Morgan fingerprint density at radius 1 is 1.48 bits per heavy atom. The van der Waals surface area contributed by atoms with Crippen LogP contribution in [0.1, 0.15) is 24.5 Å². The van der Waals surface area contributed by atoms with Gasteiger partial charge >= 0.3 is 5.97 Å². The summed E-state index contributed by atoms with van der Waals surface area (Å²) in [7, 11) is 0. The van der Waals surface area contributed by atoms with E-state index in [1.165, 1.54) is 12.3 Å². The largest absolute Gasteiger partial charge is 0.466 e. The highest BCUT2D eigenvalue weighted by atomic mass is 19.1. The number of aryl methyl sites for hydroxylation is 1. The van der Waals surface area contributed by atoms with Crippen molar-refractivity contribution in [3.8, 4) is 0 Å². The fraction of sp³-hybridized carbons (Fsp3) is 0.421. The molecule has 0 spiro atoms. The van der Waals surface area contributed by atoms with Crippen molar-refractivity contribution in [2.45, 2.75) is 31.7 Å². The third kappa shape index (κ3) is 3.13. The smallest absolute Gasteiger partial charge is 0.312 e. The van der Waals surface area contributed by atoms with Gasteiger partial charge in [-0.3, -0.25) is 9.79 Å². The average molecular weight is 347 g/mol. The monoisotopic (exact) mass is 347 g/mol. The van der Waals surface area contributed by atoms with E-state index in [2.05, 4.69) is 4.99 Å². The highest BCUT2D eigenvalue weighted by Gasteiger charge is 2.48. The van der Waals surface area contributed by atoms with Crippen molar-refractivity contribution in [1.82, 2.24) is 0 Å². The number of hydrogen-bond acceptors (Lipinski definition) is 4. The molecule has 1 aromatic rings. The third-order valence-corrected chi connectivity index (χ3v) is 4.95. The number of carbonyl (C=O) groups excluding carboxylic acids is 2. The number of ether oxygens (including phenoxy) is 1. The minimum atomic E-state index is -1.31. The van der Waals surface area contributed by atoms with Gasteiger partial charge < -0.3 is 9.53 Å². The van der Waals surface area contributed by atoms with Crippen molar-refractivity contribution in [2.24, 2.45) is 16.8 Å². The molecule has 25 heavy (non-hydrogen) atoms. The number of allylic oxidation sites excluding steroid dienone is 1. The first-order valence-electron chi connectivity index (χ1n) is 8.33. The lowest BCUT2D eigenvalue weighted by atomic mass is 9.69. The van der Waals surface area contributed by atoms with Gasteiger partial charge in [-0.25, -0.2) is 8.78 Å². The van der Waals surface area contributed by atoms with Crippen LogP contribution in [-0.2, 0) is 27.2 Å². The van der Waals surface area contributed by atoms with Crippen LogP contribution in [0.3, 0.4) is 0 Å². The molecule has 132 valence electrons. The van der Waals surface area contributed by atoms with E-state index in [-0.39, 0.29) is 18.9 Å². The minimum absolute atomic E-state index is 0.181. The second-order valence-corrected chi connectivity index (χ2v) is 6.40. The Bertz CT molecular complexity index is 745. The molecule has 2 aliphatic rings. The summed E-state index contributed by atoms with van der Waals surface area (Å²) < 4.78 is 32.8. The first kappa shape index (κ1) is 17.5. The summed E-state index contributed by atoms with van der Waals surface area (Å²) in [5.41, 5.74) is -0.300. The van der Waals surface area contributed by atoms with Crippen molar-refractivity contribution in [1.29, 1.82) is 0 Å². The van der Waals surface area contributed by atoms with Gasteiger partial charge in [-0.2, -0.15) is 0 Å². The minimum Gasteiger partial charge on any atom is -0.466 e. The lowest BCUT2D eigenvalue weighted by Gasteiger charge is -2.36. The number of aliphatic imine (C=N–C) groups is 1. The van der Waals surface area contributed by atoms with E-state index >= 15 is 0 Å². The van der Waals surface area contributed by atoms with E-state index in [0.717, 1.165) is 6.07 Å². The average Bonchev–Trinajstić information content (AvgIpc) is 3.05. The number of halogens is 2. The quantitative estimate of drug-likeness (QED) is 0.608. The van der Waals surface area contributed by atoms with E-state index < -0.39 is 29.1 Å². The Balaban J connectivity index is 1.97. The van der Waals surface area contributed by atoms with Gasteiger partial charge in [-0.15, -0.1) is 0 Å². The molecule has 0 N–H and O–H groups in total. The van der Waals surface area contributed by atoms with Crippen molar-refractivity contribution in [3.63, 3.8) is 0 Å². The molecule has 0 saturated heterocycles. The molecule has 1 aliphatic carbocycles. The number of rotatable bonds is 5.